The highest BCUT2D eigenvalue weighted by atomic mass is 16.6. The second kappa shape index (κ2) is 13.1. The Hall–Kier alpha value is -0.200. The van der Waals surface area contributed by atoms with Crippen molar-refractivity contribution >= 4 is 0 Å². The van der Waals surface area contributed by atoms with E-state index in [1.54, 1.807) is 0 Å². The average molecular weight is 332 g/mol. The Morgan fingerprint density at radius 2 is 1.57 bits per heavy atom. The van der Waals surface area contributed by atoms with E-state index in [0.29, 0.717) is 6.61 Å². The van der Waals surface area contributed by atoms with Crippen LogP contribution in [0.25, 0.3) is 0 Å². The van der Waals surface area contributed by atoms with Crippen LogP contribution in [0, 0.1) is 0 Å². The van der Waals surface area contributed by atoms with E-state index in [2.05, 4.69) is 6.92 Å². The van der Waals surface area contributed by atoms with Crippen LogP contribution in [-0.2, 0) is 9.47 Å². The number of hydrogen-bond acceptors (Lipinski definition) is 5. The summed E-state index contributed by atoms with van der Waals surface area (Å²) in [6.07, 6.45) is 9.77. The van der Waals surface area contributed by atoms with Gasteiger partial charge in [-0.1, -0.05) is 64.7 Å². The molecule has 0 saturated carbocycles. The molecular formula is C18H36O5. The average Bonchev–Trinajstić information content (AvgIpc) is 2.93. The highest BCUT2D eigenvalue weighted by molar-refractivity contribution is 4.88. The molecule has 138 valence electrons. The summed E-state index contributed by atoms with van der Waals surface area (Å²) in [5.41, 5.74) is 0. The second-order valence-corrected chi connectivity index (χ2v) is 6.63. The van der Waals surface area contributed by atoms with Gasteiger partial charge in [-0.2, -0.15) is 0 Å². The molecule has 1 rings (SSSR count). The highest BCUT2D eigenvalue weighted by Gasteiger charge is 2.40. The van der Waals surface area contributed by atoms with Crippen LogP contribution in [0.1, 0.15) is 71.1 Å². The molecule has 1 fully saturated rings. The monoisotopic (exact) mass is 332 g/mol. The molecule has 3 N–H and O–H groups in total. The van der Waals surface area contributed by atoms with Crippen molar-refractivity contribution in [2.24, 2.45) is 0 Å². The maximum absolute atomic E-state index is 9.99. The fourth-order valence-electron chi connectivity index (χ4n) is 3.03. The summed E-state index contributed by atoms with van der Waals surface area (Å²) < 4.78 is 10.9. The standard InChI is InChI=1S/C18H36O5/c1-2-3-4-5-6-7-8-9-10-11-12-22-16-14-23-18(17(16)21)15(20)13-19/h15-21H,2-14H2,1H3/t15-,16+,17+,18+/m1/s1. The van der Waals surface area contributed by atoms with Crippen molar-refractivity contribution in [3.05, 3.63) is 0 Å². The molecule has 1 aliphatic rings. The Morgan fingerprint density at radius 3 is 2.13 bits per heavy atom. The zero-order chi connectivity index (χ0) is 16.9. The fourth-order valence-corrected chi connectivity index (χ4v) is 3.03. The van der Waals surface area contributed by atoms with Crippen LogP contribution < -0.4 is 0 Å². The molecule has 1 saturated heterocycles. The van der Waals surface area contributed by atoms with Crippen molar-refractivity contribution < 1.29 is 24.8 Å². The van der Waals surface area contributed by atoms with E-state index in [9.17, 15) is 10.2 Å². The molecule has 0 aromatic rings. The highest BCUT2D eigenvalue weighted by Crippen LogP contribution is 2.20. The van der Waals surface area contributed by atoms with Gasteiger partial charge in [0.25, 0.3) is 0 Å². The second-order valence-electron chi connectivity index (χ2n) is 6.63. The molecule has 1 heterocycles. The van der Waals surface area contributed by atoms with Gasteiger partial charge in [0, 0.05) is 6.61 Å². The molecule has 0 amide bonds. The number of ether oxygens (including phenoxy) is 2. The van der Waals surface area contributed by atoms with Gasteiger partial charge in [0.2, 0.25) is 0 Å². The van der Waals surface area contributed by atoms with Crippen molar-refractivity contribution in [2.75, 3.05) is 19.8 Å². The quantitative estimate of drug-likeness (QED) is 0.426. The first-order valence-corrected chi connectivity index (χ1v) is 9.40. The van der Waals surface area contributed by atoms with Crippen LogP contribution in [0.5, 0.6) is 0 Å². The normalized spacial score (nSPS) is 25.8. The van der Waals surface area contributed by atoms with E-state index in [4.69, 9.17) is 14.6 Å². The van der Waals surface area contributed by atoms with Gasteiger partial charge in [-0.25, -0.2) is 0 Å². The predicted octanol–water partition coefficient (Wildman–Crippen LogP) is 2.41. The summed E-state index contributed by atoms with van der Waals surface area (Å²) >= 11 is 0. The minimum absolute atomic E-state index is 0.278. The number of rotatable bonds is 14. The molecule has 0 aromatic carbocycles. The molecule has 0 spiro atoms. The fraction of sp³-hybridized carbons (Fsp3) is 1.00. The largest absolute Gasteiger partial charge is 0.394 e. The molecule has 0 bridgehead atoms. The van der Waals surface area contributed by atoms with Crippen molar-refractivity contribution in [2.45, 2.75) is 95.5 Å². The first-order valence-electron chi connectivity index (χ1n) is 9.40. The summed E-state index contributed by atoms with van der Waals surface area (Å²) in [6.45, 7) is 2.73. The minimum atomic E-state index is -1.05. The summed E-state index contributed by atoms with van der Waals surface area (Å²) in [5, 5.41) is 28.4. The molecule has 5 nitrogen and oxygen atoms in total. The van der Waals surface area contributed by atoms with E-state index in [0.717, 1.165) is 12.8 Å². The summed E-state index contributed by atoms with van der Waals surface area (Å²) in [5.74, 6) is 0. The topological polar surface area (TPSA) is 79.2 Å². The Bertz CT molecular complexity index is 274. The maximum Gasteiger partial charge on any atom is 0.114 e. The van der Waals surface area contributed by atoms with E-state index < -0.39 is 24.9 Å². The van der Waals surface area contributed by atoms with Crippen LogP contribution in [0.3, 0.4) is 0 Å². The molecule has 1 aliphatic heterocycles. The lowest BCUT2D eigenvalue weighted by molar-refractivity contribution is -0.0730. The van der Waals surface area contributed by atoms with Crippen LogP contribution in [0.15, 0.2) is 0 Å². The van der Waals surface area contributed by atoms with Gasteiger partial charge in [-0.15, -0.1) is 0 Å². The lowest BCUT2D eigenvalue weighted by atomic mass is 10.1. The van der Waals surface area contributed by atoms with E-state index >= 15 is 0 Å². The Balaban J connectivity index is 1.92. The Kier molecular flexibility index (Phi) is 11.9. The van der Waals surface area contributed by atoms with Gasteiger partial charge in [-0.3, -0.25) is 0 Å². The first kappa shape index (κ1) is 20.8. The van der Waals surface area contributed by atoms with E-state index in [-0.39, 0.29) is 12.7 Å². The molecule has 4 atom stereocenters. The zero-order valence-corrected chi connectivity index (χ0v) is 14.7. The lowest BCUT2D eigenvalue weighted by Crippen LogP contribution is -2.41. The van der Waals surface area contributed by atoms with Crippen LogP contribution in [0.2, 0.25) is 0 Å². The van der Waals surface area contributed by atoms with Crippen molar-refractivity contribution in [3.8, 4) is 0 Å². The number of aliphatic hydroxyl groups excluding tert-OH is 3. The van der Waals surface area contributed by atoms with Crippen molar-refractivity contribution in [1.82, 2.24) is 0 Å². The van der Waals surface area contributed by atoms with Crippen LogP contribution >= 0.6 is 0 Å². The number of hydrogen-bond donors (Lipinski definition) is 3. The van der Waals surface area contributed by atoms with Gasteiger partial charge in [0.1, 0.15) is 24.4 Å². The van der Waals surface area contributed by atoms with Crippen LogP contribution in [-0.4, -0.2) is 59.6 Å². The van der Waals surface area contributed by atoms with Crippen molar-refractivity contribution in [3.63, 3.8) is 0 Å². The number of unbranched alkanes of at least 4 members (excludes halogenated alkanes) is 9. The molecule has 0 aromatic heterocycles. The summed E-state index contributed by atoms with van der Waals surface area (Å²) in [4.78, 5) is 0. The first-order chi connectivity index (χ1) is 11.2. The third kappa shape index (κ3) is 8.45. The molecule has 5 heteroatoms. The SMILES string of the molecule is CCCCCCCCCCCCO[C@H]1CO[C@@H]([C@H](O)CO)[C@H]1O. The van der Waals surface area contributed by atoms with Gasteiger partial charge < -0.3 is 24.8 Å². The maximum atomic E-state index is 9.99. The molecule has 0 radical (unpaired) electrons. The smallest absolute Gasteiger partial charge is 0.114 e. The summed E-state index contributed by atoms with van der Waals surface area (Å²) in [6, 6.07) is 0. The number of aliphatic hydroxyl groups is 3. The van der Waals surface area contributed by atoms with Crippen LogP contribution in [0.4, 0.5) is 0 Å². The predicted molar refractivity (Wildman–Crippen MR) is 90.4 cm³/mol. The Labute approximate surface area is 141 Å². The van der Waals surface area contributed by atoms with Gasteiger partial charge in [0.05, 0.1) is 13.2 Å². The van der Waals surface area contributed by atoms with Gasteiger partial charge in [-0.05, 0) is 6.42 Å². The molecule has 23 heavy (non-hydrogen) atoms. The summed E-state index contributed by atoms with van der Waals surface area (Å²) in [7, 11) is 0. The third-order valence-electron chi connectivity index (χ3n) is 4.57. The third-order valence-corrected chi connectivity index (χ3v) is 4.57. The molecule has 0 unspecified atom stereocenters. The van der Waals surface area contributed by atoms with Gasteiger partial charge >= 0.3 is 0 Å². The Morgan fingerprint density at radius 1 is 1.00 bits per heavy atom. The molecule has 0 aliphatic carbocycles. The minimum Gasteiger partial charge on any atom is -0.394 e. The molecular weight excluding hydrogens is 296 g/mol. The zero-order valence-electron chi connectivity index (χ0n) is 14.7. The van der Waals surface area contributed by atoms with Gasteiger partial charge in [0.15, 0.2) is 0 Å². The lowest BCUT2D eigenvalue weighted by Gasteiger charge is -2.20. The van der Waals surface area contributed by atoms with E-state index in [1.165, 1.54) is 51.4 Å². The van der Waals surface area contributed by atoms with E-state index in [1.807, 2.05) is 0 Å². The van der Waals surface area contributed by atoms with Crippen molar-refractivity contribution in [1.29, 1.82) is 0 Å².